The van der Waals surface area contributed by atoms with Crippen LogP contribution in [-0.4, -0.2) is 55.4 Å². The quantitative estimate of drug-likeness (QED) is 0.534. The van der Waals surface area contributed by atoms with Crippen LogP contribution in [0.2, 0.25) is 0 Å². The molecule has 0 aliphatic carbocycles. The molecule has 0 bridgehead atoms. The Balaban J connectivity index is 1.80. The monoisotopic (exact) mass is 377 g/mol. The van der Waals surface area contributed by atoms with Gasteiger partial charge in [-0.25, -0.2) is 18.5 Å². The van der Waals surface area contributed by atoms with Crippen LogP contribution in [0.25, 0.3) is 0 Å². The molecule has 3 rings (SSSR count). The summed E-state index contributed by atoms with van der Waals surface area (Å²) in [6.07, 6.45) is 1.35. The average molecular weight is 377 g/mol. The first-order chi connectivity index (χ1) is 12.2. The van der Waals surface area contributed by atoms with Crippen LogP contribution in [0.15, 0.2) is 35.4 Å². The van der Waals surface area contributed by atoms with Gasteiger partial charge in [0.05, 0.1) is 16.5 Å². The number of sulfonamides is 1. The molecule has 0 saturated carbocycles. The topological polar surface area (TPSA) is 156 Å². The van der Waals surface area contributed by atoms with E-state index in [1.807, 2.05) is 7.05 Å². The third-order valence-corrected chi connectivity index (χ3v) is 4.83. The van der Waals surface area contributed by atoms with Crippen molar-refractivity contribution in [1.29, 1.82) is 0 Å². The Hall–Kier alpha value is -2.76. The van der Waals surface area contributed by atoms with Crippen molar-refractivity contribution in [1.82, 2.24) is 14.9 Å². The van der Waals surface area contributed by atoms with Crippen LogP contribution >= 0.6 is 0 Å². The Morgan fingerprint density at radius 1 is 1.27 bits per heavy atom. The Labute approximate surface area is 150 Å². The number of nitrogens with zero attached hydrogens (tertiary/aromatic N) is 3. The normalized spacial score (nSPS) is 15.3. The van der Waals surface area contributed by atoms with Crippen molar-refractivity contribution in [2.45, 2.75) is 10.9 Å². The summed E-state index contributed by atoms with van der Waals surface area (Å²) in [4.78, 5) is 22.1. The van der Waals surface area contributed by atoms with Crippen molar-refractivity contribution in [2.24, 2.45) is 10.9 Å². The smallest absolute Gasteiger partial charge is 0.254 e. The van der Waals surface area contributed by atoms with E-state index in [0.29, 0.717) is 11.5 Å². The Morgan fingerprint density at radius 3 is 2.46 bits per heavy atom. The fourth-order valence-corrected chi connectivity index (χ4v) is 3.09. The van der Waals surface area contributed by atoms with E-state index in [-0.39, 0.29) is 22.4 Å². The minimum absolute atomic E-state index is 0.00417. The van der Waals surface area contributed by atoms with Gasteiger partial charge in [0.25, 0.3) is 5.91 Å². The number of rotatable bonds is 6. The van der Waals surface area contributed by atoms with Crippen LogP contribution in [0.4, 0.5) is 17.5 Å². The number of nitrogens with two attached hydrogens (primary N) is 2. The molecule has 1 fully saturated rings. The maximum Gasteiger partial charge on any atom is 0.254 e. The van der Waals surface area contributed by atoms with Crippen molar-refractivity contribution in [3.05, 3.63) is 36.0 Å². The molecule has 138 valence electrons. The molecule has 1 aliphatic rings. The lowest BCUT2D eigenvalue weighted by Gasteiger charge is -2.37. The van der Waals surface area contributed by atoms with Gasteiger partial charge in [-0.15, -0.1) is 0 Å². The van der Waals surface area contributed by atoms with Gasteiger partial charge in [0.2, 0.25) is 16.0 Å². The number of benzene rings is 1. The van der Waals surface area contributed by atoms with Gasteiger partial charge in [-0.1, -0.05) is 0 Å². The molecule has 1 amide bonds. The fourth-order valence-electron chi connectivity index (χ4n) is 2.57. The Morgan fingerprint density at radius 2 is 1.92 bits per heavy atom. The number of carbonyl (C=O) groups excluding carboxylic acids is 1. The summed E-state index contributed by atoms with van der Waals surface area (Å²) in [5.74, 6) is -0.0213. The zero-order valence-electron chi connectivity index (χ0n) is 14.0. The number of carbonyl (C=O) groups is 1. The van der Waals surface area contributed by atoms with Gasteiger partial charge in [0, 0.05) is 25.0 Å². The third kappa shape index (κ3) is 4.07. The minimum Gasteiger partial charge on any atom is -0.365 e. The van der Waals surface area contributed by atoms with Crippen molar-refractivity contribution in [3.63, 3.8) is 0 Å². The number of anilines is 3. The number of hydrogen-bond donors (Lipinski definition) is 4. The summed E-state index contributed by atoms with van der Waals surface area (Å²) < 4.78 is 22.6. The summed E-state index contributed by atoms with van der Waals surface area (Å²) >= 11 is 0. The highest BCUT2D eigenvalue weighted by molar-refractivity contribution is 7.89. The predicted octanol–water partition coefficient (Wildman–Crippen LogP) is -0.308. The highest BCUT2D eigenvalue weighted by Gasteiger charge is 2.25. The van der Waals surface area contributed by atoms with Gasteiger partial charge < -0.3 is 21.3 Å². The van der Waals surface area contributed by atoms with Gasteiger partial charge in [-0.3, -0.25) is 4.79 Å². The number of primary amides is 1. The molecule has 10 nitrogen and oxygen atoms in total. The molecule has 0 radical (unpaired) electrons. The van der Waals surface area contributed by atoms with Crippen molar-refractivity contribution in [3.8, 4) is 0 Å². The number of amides is 1. The molecule has 1 saturated heterocycles. The summed E-state index contributed by atoms with van der Waals surface area (Å²) in [5, 5.41) is 11.2. The van der Waals surface area contributed by atoms with Crippen LogP contribution < -0.4 is 21.5 Å². The van der Waals surface area contributed by atoms with Crippen molar-refractivity contribution < 1.29 is 13.2 Å². The average Bonchev–Trinajstić information content (AvgIpc) is 2.53. The van der Waals surface area contributed by atoms with E-state index in [1.165, 1.54) is 18.3 Å². The number of likely N-dealkylation sites (tertiary alicyclic amines) is 1. The van der Waals surface area contributed by atoms with Crippen LogP contribution in [0.5, 0.6) is 0 Å². The van der Waals surface area contributed by atoms with E-state index in [1.54, 1.807) is 12.1 Å². The number of hydrogen-bond acceptors (Lipinski definition) is 8. The van der Waals surface area contributed by atoms with Gasteiger partial charge in [0.1, 0.15) is 5.82 Å². The summed E-state index contributed by atoms with van der Waals surface area (Å²) in [6.45, 7) is 1.67. The lowest BCUT2D eigenvalue weighted by atomic mass is 10.1. The van der Waals surface area contributed by atoms with E-state index < -0.39 is 15.9 Å². The van der Waals surface area contributed by atoms with Gasteiger partial charge in [-0.05, 0) is 31.3 Å². The van der Waals surface area contributed by atoms with E-state index in [2.05, 4.69) is 25.5 Å². The zero-order chi connectivity index (χ0) is 18.9. The zero-order valence-corrected chi connectivity index (χ0v) is 14.8. The second-order valence-corrected chi connectivity index (χ2v) is 7.64. The fraction of sp³-hybridized carbons (Fsp3) is 0.267. The summed E-state index contributed by atoms with van der Waals surface area (Å²) in [5.41, 5.74) is 6.15. The predicted molar refractivity (Wildman–Crippen MR) is 96.6 cm³/mol. The first-order valence-electron chi connectivity index (χ1n) is 7.74. The van der Waals surface area contributed by atoms with Crippen LogP contribution in [0.3, 0.4) is 0 Å². The lowest BCUT2D eigenvalue weighted by Crippen LogP contribution is -2.52. The molecule has 26 heavy (non-hydrogen) atoms. The van der Waals surface area contributed by atoms with Crippen LogP contribution in [-0.2, 0) is 10.0 Å². The SMILES string of the molecule is CN1CC(Nc2nc(Nc3ccc(S(N)(=O)=O)cc3)ncc2C(N)=O)C1. The van der Waals surface area contributed by atoms with E-state index in [9.17, 15) is 13.2 Å². The maximum absolute atomic E-state index is 11.6. The number of primary sulfonamides is 1. The standard InChI is InChI=1S/C15H19N7O3S/c1-22-7-10(8-22)19-14-12(13(16)23)6-18-15(21-14)20-9-2-4-11(5-3-9)26(17,24)25/h2-6,10H,7-8H2,1H3,(H2,16,23)(H2,17,24,25)(H2,18,19,20,21). The van der Waals surface area contributed by atoms with E-state index in [0.717, 1.165) is 13.1 Å². The van der Waals surface area contributed by atoms with Crippen LogP contribution in [0.1, 0.15) is 10.4 Å². The number of aromatic nitrogens is 2. The third-order valence-electron chi connectivity index (χ3n) is 3.90. The van der Waals surface area contributed by atoms with E-state index in [4.69, 9.17) is 10.9 Å². The molecular weight excluding hydrogens is 358 g/mol. The van der Waals surface area contributed by atoms with Crippen molar-refractivity contribution in [2.75, 3.05) is 30.8 Å². The van der Waals surface area contributed by atoms with Crippen molar-refractivity contribution >= 4 is 33.4 Å². The maximum atomic E-state index is 11.6. The van der Waals surface area contributed by atoms with Gasteiger partial charge in [0.15, 0.2) is 0 Å². The minimum atomic E-state index is -3.75. The molecular formula is C15H19N7O3S. The Kier molecular flexibility index (Phi) is 4.76. The molecule has 0 atom stereocenters. The first kappa shape index (κ1) is 18.0. The van der Waals surface area contributed by atoms with E-state index >= 15 is 0 Å². The molecule has 1 aromatic carbocycles. The number of likely N-dealkylation sites (N-methyl/N-ethyl adjacent to an activating group) is 1. The second-order valence-electron chi connectivity index (χ2n) is 6.08. The summed E-state index contributed by atoms with van der Waals surface area (Å²) in [7, 11) is -1.76. The number of nitrogens with one attached hydrogen (secondary N) is 2. The highest BCUT2D eigenvalue weighted by atomic mass is 32.2. The summed E-state index contributed by atoms with van der Waals surface area (Å²) in [6, 6.07) is 6.00. The molecule has 1 aliphatic heterocycles. The molecule has 0 unspecified atom stereocenters. The molecule has 2 aromatic rings. The largest absolute Gasteiger partial charge is 0.365 e. The van der Waals surface area contributed by atoms with Crippen LogP contribution in [0, 0.1) is 0 Å². The van der Waals surface area contributed by atoms with Gasteiger partial charge in [-0.2, -0.15) is 4.98 Å². The Bertz CT molecular complexity index is 925. The molecule has 0 spiro atoms. The highest BCUT2D eigenvalue weighted by Crippen LogP contribution is 2.20. The molecule has 1 aromatic heterocycles. The first-order valence-corrected chi connectivity index (χ1v) is 9.29. The van der Waals surface area contributed by atoms with Gasteiger partial charge >= 0.3 is 0 Å². The lowest BCUT2D eigenvalue weighted by molar-refractivity contribution is 0.1000. The molecule has 6 N–H and O–H groups in total. The molecule has 2 heterocycles. The second kappa shape index (κ2) is 6.86. The molecule has 11 heteroatoms.